The number of aromatic amines is 1. The maximum atomic E-state index is 12.9. The Labute approximate surface area is 142 Å². The van der Waals surface area contributed by atoms with Crippen molar-refractivity contribution in [2.24, 2.45) is 0 Å². The molecule has 5 nitrogen and oxygen atoms in total. The van der Waals surface area contributed by atoms with E-state index in [4.69, 9.17) is 0 Å². The summed E-state index contributed by atoms with van der Waals surface area (Å²) in [4.78, 5) is 26.7. The van der Waals surface area contributed by atoms with E-state index in [9.17, 15) is 4.79 Å². The van der Waals surface area contributed by atoms with Crippen LogP contribution in [0.25, 0.3) is 20.7 Å². The zero-order valence-corrected chi connectivity index (χ0v) is 14.2. The highest BCUT2D eigenvalue weighted by Gasteiger charge is 2.16. The van der Waals surface area contributed by atoms with Gasteiger partial charge < -0.3 is 4.98 Å². The third kappa shape index (κ3) is 2.45. The summed E-state index contributed by atoms with van der Waals surface area (Å²) in [7, 11) is 0. The molecule has 0 radical (unpaired) electrons. The van der Waals surface area contributed by atoms with Crippen LogP contribution in [0, 0.1) is 6.92 Å². The average Bonchev–Trinajstić information content (AvgIpc) is 3.22. The normalized spacial score (nSPS) is 12.6. The SMILES string of the molecule is Cc1cnc([C@@H](C)n2cnc3sc(-c4ccccc4)cc3c2=O)[nH]1. The average molecular weight is 336 g/mol. The van der Waals surface area contributed by atoms with E-state index in [-0.39, 0.29) is 11.6 Å². The fourth-order valence-corrected chi connectivity index (χ4v) is 3.73. The summed E-state index contributed by atoms with van der Waals surface area (Å²) in [6.07, 6.45) is 3.37. The van der Waals surface area contributed by atoms with Crippen LogP contribution in [-0.2, 0) is 0 Å². The molecule has 0 aliphatic heterocycles. The van der Waals surface area contributed by atoms with E-state index in [1.54, 1.807) is 17.1 Å². The van der Waals surface area contributed by atoms with Crippen LogP contribution in [0.1, 0.15) is 24.5 Å². The molecule has 4 aromatic rings. The predicted molar refractivity (Wildman–Crippen MR) is 96.5 cm³/mol. The molecular formula is C18H16N4OS. The number of fused-ring (bicyclic) bond motifs is 1. The molecule has 120 valence electrons. The molecule has 0 saturated heterocycles. The van der Waals surface area contributed by atoms with Crippen LogP contribution in [0.5, 0.6) is 0 Å². The van der Waals surface area contributed by atoms with Crippen LogP contribution in [-0.4, -0.2) is 19.5 Å². The molecule has 0 saturated carbocycles. The minimum Gasteiger partial charge on any atom is -0.344 e. The van der Waals surface area contributed by atoms with E-state index in [2.05, 4.69) is 15.0 Å². The van der Waals surface area contributed by atoms with E-state index in [0.29, 0.717) is 5.39 Å². The Balaban J connectivity index is 1.82. The molecule has 0 aliphatic rings. The largest absolute Gasteiger partial charge is 0.344 e. The van der Waals surface area contributed by atoms with Gasteiger partial charge in [0.25, 0.3) is 5.56 Å². The molecule has 3 aromatic heterocycles. The number of hydrogen-bond acceptors (Lipinski definition) is 4. The molecule has 0 spiro atoms. The topological polar surface area (TPSA) is 63.6 Å². The Morgan fingerprint density at radius 2 is 2.00 bits per heavy atom. The molecule has 6 heteroatoms. The van der Waals surface area contributed by atoms with Gasteiger partial charge in [-0.1, -0.05) is 30.3 Å². The molecule has 1 aromatic carbocycles. The van der Waals surface area contributed by atoms with E-state index >= 15 is 0 Å². The molecular weight excluding hydrogens is 320 g/mol. The summed E-state index contributed by atoms with van der Waals surface area (Å²) in [6, 6.07) is 11.8. The summed E-state index contributed by atoms with van der Waals surface area (Å²) in [5.74, 6) is 0.759. The summed E-state index contributed by atoms with van der Waals surface area (Å²) in [5.41, 5.74) is 2.03. The number of benzene rings is 1. The van der Waals surface area contributed by atoms with Crippen molar-refractivity contribution in [2.75, 3.05) is 0 Å². The Morgan fingerprint density at radius 1 is 1.21 bits per heavy atom. The summed E-state index contributed by atoms with van der Waals surface area (Å²) in [6.45, 7) is 3.89. The molecule has 1 N–H and O–H groups in total. The van der Waals surface area contributed by atoms with Crippen molar-refractivity contribution in [3.8, 4) is 10.4 Å². The van der Waals surface area contributed by atoms with Crippen molar-refractivity contribution >= 4 is 21.6 Å². The third-order valence-electron chi connectivity index (χ3n) is 4.07. The van der Waals surface area contributed by atoms with Gasteiger partial charge in [0.15, 0.2) is 0 Å². The van der Waals surface area contributed by atoms with Crippen LogP contribution >= 0.6 is 11.3 Å². The number of H-pyrrole nitrogens is 1. The van der Waals surface area contributed by atoms with Crippen molar-refractivity contribution in [3.05, 3.63) is 70.8 Å². The molecule has 3 heterocycles. The second-order valence-corrected chi connectivity index (χ2v) is 6.81. The first-order chi connectivity index (χ1) is 11.6. The minimum absolute atomic E-state index is 0.0417. The van der Waals surface area contributed by atoms with Gasteiger partial charge in [-0.3, -0.25) is 9.36 Å². The van der Waals surface area contributed by atoms with Gasteiger partial charge in [-0.05, 0) is 25.5 Å². The number of aryl methyl sites for hydroxylation is 1. The van der Waals surface area contributed by atoms with E-state index in [1.165, 1.54) is 11.3 Å². The molecule has 24 heavy (non-hydrogen) atoms. The summed E-state index contributed by atoms with van der Waals surface area (Å²) < 4.78 is 1.63. The molecule has 1 atom stereocenters. The lowest BCUT2D eigenvalue weighted by atomic mass is 10.2. The molecule has 0 fully saturated rings. The minimum atomic E-state index is -0.192. The lowest BCUT2D eigenvalue weighted by molar-refractivity contribution is 0.580. The van der Waals surface area contributed by atoms with Crippen LogP contribution in [0.4, 0.5) is 0 Å². The molecule has 0 amide bonds. The summed E-state index contributed by atoms with van der Waals surface area (Å²) in [5, 5.41) is 0.650. The monoisotopic (exact) mass is 336 g/mol. The molecule has 0 bridgehead atoms. The smallest absolute Gasteiger partial charge is 0.262 e. The van der Waals surface area contributed by atoms with E-state index in [0.717, 1.165) is 26.8 Å². The van der Waals surface area contributed by atoms with Crippen LogP contribution in [0.15, 0.2) is 53.7 Å². The van der Waals surface area contributed by atoms with Crippen molar-refractivity contribution in [1.29, 1.82) is 0 Å². The number of nitrogens with one attached hydrogen (secondary N) is 1. The van der Waals surface area contributed by atoms with Gasteiger partial charge in [0.05, 0.1) is 17.8 Å². The van der Waals surface area contributed by atoms with Crippen LogP contribution in [0.2, 0.25) is 0 Å². The van der Waals surface area contributed by atoms with Crippen LogP contribution < -0.4 is 5.56 Å². The zero-order valence-electron chi connectivity index (χ0n) is 13.4. The van der Waals surface area contributed by atoms with Gasteiger partial charge in [0.1, 0.15) is 10.7 Å². The molecule has 4 rings (SSSR count). The quantitative estimate of drug-likeness (QED) is 0.619. The van der Waals surface area contributed by atoms with E-state index in [1.807, 2.05) is 50.2 Å². The van der Waals surface area contributed by atoms with Crippen LogP contribution in [0.3, 0.4) is 0 Å². The second-order valence-electron chi connectivity index (χ2n) is 5.78. The number of rotatable bonds is 3. The molecule has 0 aliphatic carbocycles. The summed E-state index contributed by atoms with van der Waals surface area (Å²) >= 11 is 1.54. The number of imidazole rings is 1. The number of nitrogens with zero attached hydrogens (tertiary/aromatic N) is 3. The van der Waals surface area contributed by atoms with Gasteiger partial charge in [0, 0.05) is 16.8 Å². The second kappa shape index (κ2) is 5.72. The Bertz CT molecular complexity index is 1060. The molecule has 0 unspecified atom stereocenters. The highest BCUT2D eigenvalue weighted by atomic mass is 32.1. The fourth-order valence-electron chi connectivity index (χ4n) is 2.73. The third-order valence-corrected chi connectivity index (χ3v) is 5.16. The van der Waals surface area contributed by atoms with Gasteiger partial charge in [0.2, 0.25) is 0 Å². The standard InChI is InChI=1S/C18H16N4OS/c1-11-9-19-16(21-11)12(2)22-10-20-17-14(18(22)23)8-15(24-17)13-6-4-3-5-7-13/h3-10,12H,1-2H3,(H,19,21)/t12-/m1/s1. The number of aromatic nitrogens is 4. The van der Waals surface area contributed by atoms with Gasteiger partial charge in [-0.15, -0.1) is 11.3 Å². The first-order valence-electron chi connectivity index (χ1n) is 7.71. The maximum absolute atomic E-state index is 12.9. The Kier molecular flexibility index (Phi) is 3.54. The van der Waals surface area contributed by atoms with Gasteiger partial charge in [-0.2, -0.15) is 0 Å². The van der Waals surface area contributed by atoms with Crippen molar-refractivity contribution < 1.29 is 0 Å². The van der Waals surface area contributed by atoms with Crippen molar-refractivity contribution in [3.63, 3.8) is 0 Å². The van der Waals surface area contributed by atoms with Crippen molar-refractivity contribution in [2.45, 2.75) is 19.9 Å². The maximum Gasteiger partial charge on any atom is 0.262 e. The zero-order chi connectivity index (χ0) is 16.7. The van der Waals surface area contributed by atoms with Gasteiger partial charge in [-0.25, -0.2) is 9.97 Å². The number of hydrogen-bond donors (Lipinski definition) is 1. The lowest BCUT2D eigenvalue weighted by Crippen LogP contribution is -2.24. The van der Waals surface area contributed by atoms with Gasteiger partial charge >= 0.3 is 0 Å². The predicted octanol–water partition coefficient (Wildman–Crippen LogP) is 3.77. The van der Waals surface area contributed by atoms with Crippen molar-refractivity contribution in [1.82, 2.24) is 19.5 Å². The highest BCUT2D eigenvalue weighted by Crippen LogP contribution is 2.30. The Morgan fingerprint density at radius 3 is 2.71 bits per heavy atom. The highest BCUT2D eigenvalue weighted by molar-refractivity contribution is 7.21. The first kappa shape index (κ1) is 14.8. The fraction of sp³-hybridized carbons (Fsp3) is 0.167. The van der Waals surface area contributed by atoms with E-state index < -0.39 is 0 Å². The first-order valence-corrected chi connectivity index (χ1v) is 8.53. The lowest BCUT2D eigenvalue weighted by Gasteiger charge is -2.11. The Hall–Kier alpha value is -2.73. The number of thiophene rings is 1.